The Labute approximate surface area is 258 Å². The molecule has 0 atom stereocenters. The van der Waals surface area contributed by atoms with Gasteiger partial charge in [0.2, 0.25) is 11.9 Å². The summed E-state index contributed by atoms with van der Waals surface area (Å²) < 4.78 is 56.4. The average molecular weight is 652 g/mol. The Balaban J connectivity index is 1.51. The summed E-state index contributed by atoms with van der Waals surface area (Å²) in [6, 6.07) is 8.61. The number of aromatic nitrogens is 4. The lowest BCUT2D eigenvalue weighted by Gasteiger charge is -2.29. The van der Waals surface area contributed by atoms with E-state index >= 15 is 0 Å². The molecular formula is C27H21N7O5S4. The van der Waals surface area contributed by atoms with E-state index in [1.165, 1.54) is 66.1 Å². The van der Waals surface area contributed by atoms with Gasteiger partial charge in [-0.25, -0.2) is 46.2 Å². The summed E-state index contributed by atoms with van der Waals surface area (Å²) in [5.74, 6) is -0.710. The molecule has 43 heavy (non-hydrogen) atoms. The van der Waals surface area contributed by atoms with E-state index in [0.29, 0.717) is 11.3 Å². The zero-order chi connectivity index (χ0) is 30.6. The summed E-state index contributed by atoms with van der Waals surface area (Å²) in [7, 11) is -8.10. The van der Waals surface area contributed by atoms with Crippen molar-refractivity contribution < 1.29 is 21.6 Å². The van der Waals surface area contributed by atoms with Crippen molar-refractivity contribution in [2.75, 3.05) is 14.3 Å². The van der Waals surface area contributed by atoms with Crippen LogP contribution in [0.3, 0.4) is 0 Å². The minimum absolute atomic E-state index is 0.0490. The predicted octanol–water partition coefficient (Wildman–Crippen LogP) is 3.64. The molecule has 0 aliphatic heterocycles. The summed E-state index contributed by atoms with van der Waals surface area (Å²) in [5.41, 5.74) is 0.771. The first-order chi connectivity index (χ1) is 20.5. The van der Waals surface area contributed by atoms with Gasteiger partial charge in [0.05, 0.1) is 21.1 Å². The van der Waals surface area contributed by atoms with Crippen molar-refractivity contribution >= 4 is 77.7 Å². The van der Waals surface area contributed by atoms with Gasteiger partial charge in [-0.15, -0.1) is 0 Å². The van der Waals surface area contributed by atoms with Crippen LogP contribution < -0.4 is 14.3 Å². The maximum absolute atomic E-state index is 13.9. The second-order valence-corrected chi connectivity index (χ2v) is 13.3. The Hall–Kier alpha value is -4.51. The van der Waals surface area contributed by atoms with Crippen LogP contribution in [0.5, 0.6) is 0 Å². The first kappa shape index (κ1) is 30.0. The number of nitrogens with one attached hydrogen (secondary N) is 2. The fourth-order valence-corrected chi connectivity index (χ4v) is 6.69. The Morgan fingerprint density at radius 3 is 1.91 bits per heavy atom. The van der Waals surface area contributed by atoms with Gasteiger partial charge in [-0.1, -0.05) is 36.6 Å². The Morgan fingerprint density at radius 1 is 0.767 bits per heavy atom. The van der Waals surface area contributed by atoms with Crippen LogP contribution in [-0.4, -0.2) is 52.4 Å². The zero-order valence-corrected chi connectivity index (χ0v) is 25.3. The number of carbonyl (C=O) groups excluding carboxylic acids is 1. The molecule has 0 unspecified atom stereocenters. The number of thiocarbonyl (C=S) groups is 2. The molecule has 2 aromatic heterocycles. The van der Waals surface area contributed by atoms with Gasteiger partial charge in [0.25, 0.3) is 26.0 Å². The van der Waals surface area contributed by atoms with Crippen molar-refractivity contribution in [1.82, 2.24) is 19.9 Å². The molecule has 3 aromatic rings. The number of allylic oxidation sites excluding steroid dienone is 7. The summed E-state index contributed by atoms with van der Waals surface area (Å²) in [4.78, 5) is 31.1. The number of hydrogen-bond donors (Lipinski definition) is 2. The van der Waals surface area contributed by atoms with Gasteiger partial charge in [0.1, 0.15) is 0 Å². The maximum Gasteiger partial charge on any atom is 0.264 e. The highest BCUT2D eigenvalue weighted by Gasteiger charge is 2.32. The molecule has 2 aliphatic rings. The number of rotatable bonds is 9. The molecule has 1 amide bonds. The standard InChI is InChI=1S/C27H21N7O5S4/c35-25(21-5-1-2-6-23(21)40)34(18-7-9-19(10-8-18)42(36,37)32-26-28-13-3-14-29-26)22-12-11-20(17-24(22)41)43(38,39)33-27-30-15-4-16-31-27/h1-5,7-16H,6,17H2,(H,28,29,32)(H,30,31,33). The minimum atomic E-state index is -4.05. The summed E-state index contributed by atoms with van der Waals surface area (Å²) >= 11 is 11.0. The monoisotopic (exact) mass is 651 g/mol. The van der Waals surface area contributed by atoms with Crippen LogP contribution in [0.1, 0.15) is 12.8 Å². The number of nitrogens with zero attached hydrogens (tertiary/aromatic N) is 5. The summed E-state index contributed by atoms with van der Waals surface area (Å²) in [6.07, 6.45) is 13.7. The second kappa shape index (κ2) is 12.4. The first-order valence-electron chi connectivity index (χ1n) is 12.4. The topological polar surface area (TPSA) is 164 Å². The molecule has 2 heterocycles. The van der Waals surface area contributed by atoms with E-state index in [-0.39, 0.29) is 49.9 Å². The van der Waals surface area contributed by atoms with E-state index < -0.39 is 26.0 Å². The predicted molar refractivity (Wildman–Crippen MR) is 169 cm³/mol. The van der Waals surface area contributed by atoms with Crippen LogP contribution in [-0.2, 0) is 24.8 Å². The Kier molecular flexibility index (Phi) is 8.63. The molecule has 218 valence electrons. The van der Waals surface area contributed by atoms with Crippen molar-refractivity contribution in [3.63, 3.8) is 0 Å². The summed E-state index contributed by atoms with van der Waals surface area (Å²) in [6.45, 7) is 0. The van der Waals surface area contributed by atoms with Crippen LogP contribution in [0, 0.1) is 0 Å². The highest BCUT2D eigenvalue weighted by molar-refractivity contribution is 7.96. The van der Waals surface area contributed by atoms with Crippen LogP contribution in [0.25, 0.3) is 0 Å². The SMILES string of the molecule is O=C(C1=CC=CCC1=S)N(C1=CC=C(S(=O)(=O)Nc2ncccn2)CC1=S)c1ccc(S(=O)(=O)Nc2ncccn2)cc1. The van der Waals surface area contributed by atoms with Crippen LogP contribution >= 0.6 is 24.4 Å². The lowest BCUT2D eigenvalue weighted by Crippen LogP contribution is -2.37. The molecule has 5 rings (SSSR count). The summed E-state index contributed by atoms with van der Waals surface area (Å²) in [5, 5.41) is 0. The smallest absolute Gasteiger partial charge is 0.264 e. The lowest BCUT2D eigenvalue weighted by molar-refractivity contribution is -0.114. The molecule has 0 saturated heterocycles. The third-order valence-electron chi connectivity index (χ3n) is 6.06. The molecule has 16 heteroatoms. The van der Waals surface area contributed by atoms with Crippen molar-refractivity contribution in [3.05, 3.63) is 108 Å². The molecule has 0 fully saturated rings. The molecule has 0 saturated carbocycles. The first-order valence-corrected chi connectivity index (χ1v) is 16.2. The van der Waals surface area contributed by atoms with Gasteiger partial charge in [-0.3, -0.25) is 9.69 Å². The highest BCUT2D eigenvalue weighted by Crippen LogP contribution is 2.31. The largest absolute Gasteiger partial charge is 0.276 e. The molecule has 2 aliphatic carbocycles. The molecule has 0 spiro atoms. The third kappa shape index (κ3) is 6.77. The zero-order valence-electron chi connectivity index (χ0n) is 22.0. The molecule has 0 radical (unpaired) electrons. The van der Waals surface area contributed by atoms with Gasteiger partial charge >= 0.3 is 0 Å². The van der Waals surface area contributed by atoms with Gasteiger partial charge in [0, 0.05) is 53.0 Å². The fourth-order valence-electron chi connectivity index (χ4n) is 4.02. The van der Waals surface area contributed by atoms with Crippen LogP contribution in [0.4, 0.5) is 17.6 Å². The van der Waals surface area contributed by atoms with E-state index in [9.17, 15) is 21.6 Å². The van der Waals surface area contributed by atoms with Crippen molar-refractivity contribution in [3.8, 4) is 0 Å². The van der Waals surface area contributed by atoms with E-state index in [4.69, 9.17) is 24.4 Å². The quantitative estimate of drug-likeness (QED) is 0.325. The Morgan fingerprint density at radius 2 is 1.35 bits per heavy atom. The van der Waals surface area contributed by atoms with Gasteiger partial charge in [-0.2, -0.15) is 0 Å². The number of carbonyl (C=O) groups is 1. The molecule has 12 nitrogen and oxygen atoms in total. The van der Waals surface area contributed by atoms with Gasteiger partial charge in [-0.05, 0) is 54.6 Å². The minimum Gasteiger partial charge on any atom is -0.276 e. The lowest BCUT2D eigenvalue weighted by atomic mass is 10.0. The third-order valence-corrected chi connectivity index (χ3v) is 9.56. The van der Waals surface area contributed by atoms with E-state index in [1.54, 1.807) is 24.3 Å². The van der Waals surface area contributed by atoms with Crippen molar-refractivity contribution in [1.29, 1.82) is 0 Å². The maximum atomic E-state index is 13.9. The van der Waals surface area contributed by atoms with E-state index in [0.717, 1.165) is 0 Å². The normalized spacial score (nSPS) is 15.2. The molecular weight excluding hydrogens is 631 g/mol. The highest BCUT2D eigenvalue weighted by atomic mass is 32.2. The molecule has 1 aromatic carbocycles. The molecule has 2 N–H and O–H groups in total. The van der Waals surface area contributed by atoms with Gasteiger partial charge in [0.15, 0.2) is 0 Å². The van der Waals surface area contributed by atoms with Crippen molar-refractivity contribution in [2.24, 2.45) is 0 Å². The van der Waals surface area contributed by atoms with Gasteiger partial charge < -0.3 is 0 Å². The van der Waals surface area contributed by atoms with Crippen molar-refractivity contribution in [2.45, 2.75) is 17.7 Å². The van der Waals surface area contributed by atoms with E-state index in [1.807, 2.05) is 6.08 Å². The fraction of sp³-hybridized carbons (Fsp3) is 0.0741. The number of anilines is 3. The average Bonchev–Trinajstić information content (AvgIpc) is 2.99. The van der Waals surface area contributed by atoms with E-state index in [2.05, 4.69) is 29.4 Å². The number of hydrogen-bond acceptors (Lipinski definition) is 11. The number of benzene rings is 1. The van der Waals surface area contributed by atoms with Crippen LogP contribution in [0.2, 0.25) is 0 Å². The number of sulfonamides is 2. The second-order valence-electron chi connectivity index (χ2n) is 8.91. The van der Waals surface area contributed by atoms with Crippen LogP contribution in [0.15, 0.2) is 113 Å². The number of amides is 1. The Bertz CT molecular complexity index is 1940. The molecule has 0 bridgehead atoms.